The smallest absolute Gasteiger partial charge is 0.270 e. The van der Waals surface area contributed by atoms with Crippen LogP contribution < -0.4 is 15.4 Å². The molecule has 2 N–H and O–H groups in total. The van der Waals surface area contributed by atoms with Gasteiger partial charge in [0.1, 0.15) is 5.75 Å². The van der Waals surface area contributed by atoms with Crippen LogP contribution in [0.3, 0.4) is 0 Å². The average molecular weight is 273 g/mol. The topological polar surface area (TPSA) is 81.6 Å². The molecule has 6 nitrogen and oxygen atoms in total. The number of nitrogens with two attached hydrogens (primary N) is 1. The van der Waals surface area contributed by atoms with Crippen molar-refractivity contribution in [1.29, 1.82) is 0 Å². The van der Waals surface area contributed by atoms with Crippen molar-refractivity contribution >= 4 is 17.4 Å². The third kappa shape index (κ3) is 1.80. The van der Waals surface area contributed by atoms with Gasteiger partial charge in [-0.1, -0.05) is 5.16 Å². The maximum Gasteiger partial charge on any atom is 0.270 e. The van der Waals surface area contributed by atoms with Crippen molar-refractivity contribution in [2.45, 2.75) is 19.4 Å². The van der Waals surface area contributed by atoms with Crippen LogP contribution in [0.5, 0.6) is 5.75 Å². The minimum atomic E-state index is -0.861. The Morgan fingerprint density at radius 1 is 1.30 bits per heavy atom. The molecule has 20 heavy (non-hydrogen) atoms. The lowest BCUT2D eigenvalue weighted by molar-refractivity contribution is -0.132. The van der Waals surface area contributed by atoms with Gasteiger partial charge in [-0.2, -0.15) is 0 Å². The third-order valence-corrected chi connectivity index (χ3v) is 3.32. The van der Waals surface area contributed by atoms with Crippen LogP contribution >= 0.6 is 0 Å². The van der Waals surface area contributed by atoms with Crippen LogP contribution in [0.1, 0.15) is 13.8 Å². The van der Waals surface area contributed by atoms with Crippen LogP contribution in [0.25, 0.3) is 11.3 Å². The number of amides is 1. The van der Waals surface area contributed by atoms with E-state index in [1.807, 2.05) is 18.2 Å². The van der Waals surface area contributed by atoms with E-state index in [2.05, 4.69) is 5.16 Å². The molecule has 104 valence electrons. The van der Waals surface area contributed by atoms with Crippen LogP contribution in [0.15, 0.2) is 28.8 Å². The van der Waals surface area contributed by atoms with Gasteiger partial charge in [-0.3, -0.25) is 4.79 Å². The number of carbonyl (C=O) groups is 1. The summed E-state index contributed by atoms with van der Waals surface area (Å²) in [5.41, 5.74) is 6.17. The summed E-state index contributed by atoms with van der Waals surface area (Å²) >= 11 is 0. The van der Waals surface area contributed by atoms with Crippen LogP contribution in [0.2, 0.25) is 0 Å². The highest BCUT2D eigenvalue weighted by molar-refractivity contribution is 6.02. The van der Waals surface area contributed by atoms with Crippen molar-refractivity contribution in [1.82, 2.24) is 5.16 Å². The first-order valence-corrected chi connectivity index (χ1v) is 6.22. The fraction of sp³-hybridized carbons (Fsp3) is 0.286. The lowest BCUT2D eigenvalue weighted by atomic mass is 10.0. The molecule has 0 unspecified atom stereocenters. The molecule has 1 amide bonds. The summed E-state index contributed by atoms with van der Waals surface area (Å²) in [6, 6.07) is 7.12. The van der Waals surface area contributed by atoms with E-state index in [1.54, 1.807) is 31.9 Å². The zero-order chi connectivity index (χ0) is 14.5. The predicted octanol–water partition coefficient (Wildman–Crippen LogP) is 2.06. The first kappa shape index (κ1) is 12.5. The Bertz CT molecular complexity index is 691. The summed E-state index contributed by atoms with van der Waals surface area (Å²) in [5, 5.41) is 3.65. The molecule has 0 atom stereocenters. The molecule has 0 saturated carbocycles. The number of likely N-dealkylation sites (N-methyl/N-ethyl adjacent to an activating group) is 1. The van der Waals surface area contributed by atoms with Crippen LogP contribution in [-0.2, 0) is 4.79 Å². The van der Waals surface area contributed by atoms with Gasteiger partial charge in [0.2, 0.25) is 0 Å². The second kappa shape index (κ2) is 4.00. The second-order valence-electron chi connectivity index (χ2n) is 5.28. The van der Waals surface area contributed by atoms with Gasteiger partial charge in [0.05, 0.1) is 5.69 Å². The van der Waals surface area contributed by atoms with Crippen LogP contribution in [-0.4, -0.2) is 23.7 Å². The number of hydrogen-bond acceptors (Lipinski definition) is 5. The lowest BCUT2D eigenvalue weighted by Crippen LogP contribution is -2.50. The molecule has 6 heteroatoms. The van der Waals surface area contributed by atoms with E-state index < -0.39 is 5.60 Å². The highest BCUT2D eigenvalue weighted by Crippen LogP contribution is 2.39. The summed E-state index contributed by atoms with van der Waals surface area (Å²) in [6.45, 7) is 3.50. The summed E-state index contributed by atoms with van der Waals surface area (Å²) in [5.74, 6) is 1.43. The Labute approximate surface area is 116 Å². The molecule has 1 aliphatic rings. The van der Waals surface area contributed by atoms with Crippen LogP contribution in [0.4, 0.5) is 11.5 Å². The molecule has 1 aromatic heterocycles. The molecule has 0 radical (unpaired) electrons. The third-order valence-electron chi connectivity index (χ3n) is 3.32. The monoisotopic (exact) mass is 273 g/mol. The highest BCUT2D eigenvalue weighted by atomic mass is 16.5. The molecule has 2 aromatic rings. The number of rotatable bonds is 1. The Morgan fingerprint density at radius 2 is 2.05 bits per heavy atom. The fourth-order valence-corrected chi connectivity index (χ4v) is 2.28. The zero-order valence-electron chi connectivity index (χ0n) is 11.5. The molecule has 1 aliphatic heterocycles. The van der Waals surface area contributed by atoms with Gasteiger partial charge in [0.25, 0.3) is 5.91 Å². The summed E-state index contributed by atoms with van der Waals surface area (Å²) in [4.78, 5) is 13.8. The van der Waals surface area contributed by atoms with Crippen molar-refractivity contribution < 1.29 is 14.1 Å². The molecule has 3 rings (SSSR count). The van der Waals surface area contributed by atoms with E-state index in [9.17, 15) is 4.79 Å². The maximum atomic E-state index is 12.2. The van der Waals surface area contributed by atoms with Crippen molar-refractivity contribution in [2.75, 3.05) is 17.7 Å². The molecular formula is C14H15N3O3. The number of carbonyl (C=O) groups excluding carboxylic acids is 1. The molecule has 0 saturated heterocycles. The van der Waals surface area contributed by atoms with Gasteiger partial charge in [-0.25, -0.2) is 0 Å². The minimum Gasteiger partial charge on any atom is -0.476 e. The number of nitrogen functional groups attached to an aromatic ring is 1. The van der Waals surface area contributed by atoms with Gasteiger partial charge < -0.3 is 19.9 Å². The van der Waals surface area contributed by atoms with E-state index in [-0.39, 0.29) is 5.91 Å². The Hall–Kier alpha value is -2.50. The number of aromatic nitrogens is 1. The summed E-state index contributed by atoms with van der Waals surface area (Å²) < 4.78 is 10.9. The van der Waals surface area contributed by atoms with E-state index in [0.717, 1.165) is 5.56 Å². The van der Waals surface area contributed by atoms with Gasteiger partial charge in [0, 0.05) is 18.7 Å². The SMILES string of the molecule is CN1C(=O)C(C)(C)Oc2ccc(-c3cc(N)no3)cc21. The van der Waals surface area contributed by atoms with Crippen molar-refractivity contribution in [2.24, 2.45) is 0 Å². The van der Waals surface area contributed by atoms with Gasteiger partial charge >= 0.3 is 0 Å². The largest absolute Gasteiger partial charge is 0.476 e. The number of fused-ring (bicyclic) bond motifs is 1. The molecule has 0 fully saturated rings. The summed E-state index contributed by atoms with van der Waals surface area (Å²) in [7, 11) is 1.73. The normalized spacial score (nSPS) is 16.8. The van der Waals surface area contributed by atoms with E-state index in [4.69, 9.17) is 15.0 Å². The molecule has 0 aliphatic carbocycles. The molecule has 0 spiro atoms. The number of nitrogens with zero attached hydrogens (tertiary/aromatic N) is 2. The zero-order valence-corrected chi connectivity index (χ0v) is 11.5. The van der Waals surface area contributed by atoms with Crippen LogP contribution in [0, 0.1) is 0 Å². The minimum absolute atomic E-state index is 0.0979. The standard InChI is InChI=1S/C14H15N3O3/c1-14(2)13(18)17(3)9-6-8(4-5-10(9)19-14)11-7-12(15)16-20-11/h4-7H,1-3H3,(H2,15,16). The van der Waals surface area contributed by atoms with Gasteiger partial charge in [0.15, 0.2) is 17.2 Å². The number of anilines is 2. The van der Waals surface area contributed by atoms with E-state index in [1.165, 1.54) is 0 Å². The summed E-state index contributed by atoms with van der Waals surface area (Å²) in [6.07, 6.45) is 0. The van der Waals surface area contributed by atoms with Gasteiger partial charge in [-0.05, 0) is 32.0 Å². The van der Waals surface area contributed by atoms with E-state index >= 15 is 0 Å². The first-order chi connectivity index (χ1) is 9.38. The lowest BCUT2D eigenvalue weighted by Gasteiger charge is -2.36. The molecule has 2 heterocycles. The molecular weight excluding hydrogens is 258 g/mol. The number of hydrogen-bond donors (Lipinski definition) is 1. The first-order valence-electron chi connectivity index (χ1n) is 6.22. The predicted molar refractivity (Wildman–Crippen MR) is 74.5 cm³/mol. The van der Waals surface area contributed by atoms with Crippen molar-refractivity contribution in [3.05, 3.63) is 24.3 Å². The quantitative estimate of drug-likeness (QED) is 0.860. The maximum absolute atomic E-state index is 12.2. The second-order valence-corrected chi connectivity index (χ2v) is 5.28. The molecule has 1 aromatic carbocycles. The van der Waals surface area contributed by atoms with Gasteiger partial charge in [-0.15, -0.1) is 0 Å². The fourth-order valence-electron chi connectivity index (χ4n) is 2.28. The van der Waals surface area contributed by atoms with E-state index in [0.29, 0.717) is 23.0 Å². The number of ether oxygens (including phenoxy) is 1. The Morgan fingerprint density at radius 3 is 2.70 bits per heavy atom. The van der Waals surface area contributed by atoms with Crippen molar-refractivity contribution in [3.63, 3.8) is 0 Å². The van der Waals surface area contributed by atoms with Crippen molar-refractivity contribution in [3.8, 4) is 17.1 Å². The Kier molecular flexibility index (Phi) is 2.50. The number of benzene rings is 1. The molecule has 0 bridgehead atoms. The average Bonchev–Trinajstić information content (AvgIpc) is 2.82. The highest BCUT2D eigenvalue weighted by Gasteiger charge is 2.39. The Balaban J connectivity index is 2.08.